The van der Waals surface area contributed by atoms with E-state index in [1.807, 2.05) is 4.90 Å². The van der Waals surface area contributed by atoms with Gasteiger partial charge < -0.3 is 20.2 Å². The van der Waals surface area contributed by atoms with Crippen LogP contribution in [0.1, 0.15) is 84.0 Å². The molecule has 29 heavy (non-hydrogen) atoms. The van der Waals surface area contributed by atoms with Crippen molar-refractivity contribution in [3.63, 3.8) is 0 Å². The van der Waals surface area contributed by atoms with Crippen molar-refractivity contribution in [1.29, 1.82) is 0 Å². The van der Waals surface area contributed by atoms with E-state index in [-0.39, 0.29) is 17.9 Å². The molecular formula is C23H41N3O3. The minimum atomic E-state index is -0.695. The molecular weight excluding hydrogens is 366 g/mol. The van der Waals surface area contributed by atoms with E-state index in [4.69, 9.17) is 0 Å². The third-order valence-corrected chi connectivity index (χ3v) is 7.27. The number of hydrogen-bond acceptors (Lipinski definition) is 4. The zero-order valence-corrected chi connectivity index (χ0v) is 18.3. The first-order valence-electron chi connectivity index (χ1n) is 11.9. The standard InChI is InChI=1S/C23H41N3O3/c1-19(27)24-21-10-15-25(16-11-21)18-23(29)12-5-14-26(17-13-23)22(28)9-8-20-6-3-2-4-7-20/h20-21,29H,2-18H2,1H3,(H,24,27)/t23-/m1/s1. The number of nitrogens with one attached hydrogen (secondary N) is 1. The molecule has 6 heteroatoms. The molecule has 1 saturated carbocycles. The first kappa shape index (κ1) is 22.5. The third kappa shape index (κ3) is 7.25. The molecule has 166 valence electrons. The van der Waals surface area contributed by atoms with Gasteiger partial charge in [0.05, 0.1) is 5.60 Å². The van der Waals surface area contributed by atoms with Crippen molar-refractivity contribution >= 4 is 11.8 Å². The van der Waals surface area contributed by atoms with Crippen LogP contribution in [-0.4, -0.2) is 71.1 Å². The van der Waals surface area contributed by atoms with Crippen LogP contribution >= 0.6 is 0 Å². The zero-order chi connectivity index (χ0) is 20.7. The minimum absolute atomic E-state index is 0.0408. The van der Waals surface area contributed by atoms with E-state index in [0.29, 0.717) is 25.9 Å². The molecule has 0 aromatic carbocycles. The van der Waals surface area contributed by atoms with Crippen molar-refractivity contribution in [2.45, 2.75) is 95.6 Å². The van der Waals surface area contributed by atoms with E-state index in [0.717, 1.165) is 57.7 Å². The second kappa shape index (κ2) is 10.8. The van der Waals surface area contributed by atoms with Gasteiger partial charge in [-0.25, -0.2) is 0 Å². The molecule has 0 aromatic rings. The van der Waals surface area contributed by atoms with Gasteiger partial charge in [0.25, 0.3) is 0 Å². The Bertz CT molecular complexity index is 541. The lowest BCUT2D eigenvalue weighted by Gasteiger charge is -2.38. The maximum absolute atomic E-state index is 12.7. The summed E-state index contributed by atoms with van der Waals surface area (Å²) in [6, 6.07) is 0.268. The fourth-order valence-corrected chi connectivity index (χ4v) is 5.49. The van der Waals surface area contributed by atoms with Gasteiger partial charge in [0.15, 0.2) is 0 Å². The van der Waals surface area contributed by atoms with E-state index in [1.165, 1.54) is 32.1 Å². The molecule has 3 fully saturated rings. The summed E-state index contributed by atoms with van der Waals surface area (Å²) in [5.74, 6) is 1.08. The lowest BCUT2D eigenvalue weighted by Crippen LogP contribution is -2.50. The van der Waals surface area contributed by atoms with Crippen LogP contribution in [0.15, 0.2) is 0 Å². The topological polar surface area (TPSA) is 72.9 Å². The van der Waals surface area contributed by atoms with Crippen molar-refractivity contribution in [2.75, 3.05) is 32.7 Å². The van der Waals surface area contributed by atoms with Crippen LogP contribution in [0.5, 0.6) is 0 Å². The van der Waals surface area contributed by atoms with Crippen molar-refractivity contribution in [3.05, 3.63) is 0 Å². The number of amides is 2. The highest BCUT2D eigenvalue weighted by Crippen LogP contribution is 2.29. The summed E-state index contributed by atoms with van der Waals surface area (Å²) in [5, 5.41) is 14.2. The van der Waals surface area contributed by atoms with Crippen molar-refractivity contribution in [1.82, 2.24) is 15.1 Å². The highest BCUT2D eigenvalue weighted by atomic mass is 16.3. The van der Waals surface area contributed by atoms with Crippen LogP contribution in [0.3, 0.4) is 0 Å². The molecule has 1 atom stereocenters. The number of nitrogens with zero attached hydrogens (tertiary/aromatic N) is 2. The van der Waals surface area contributed by atoms with Crippen LogP contribution in [0.25, 0.3) is 0 Å². The molecule has 0 spiro atoms. The predicted molar refractivity (Wildman–Crippen MR) is 114 cm³/mol. The average molecular weight is 408 g/mol. The SMILES string of the molecule is CC(=O)NC1CCN(C[C@@]2(O)CCCN(C(=O)CCC3CCCCC3)CC2)CC1. The van der Waals surface area contributed by atoms with Crippen LogP contribution < -0.4 is 5.32 Å². The Morgan fingerprint density at radius 3 is 2.38 bits per heavy atom. The number of carbonyl (C=O) groups excluding carboxylic acids is 2. The van der Waals surface area contributed by atoms with Crippen molar-refractivity contribution in [2.24, 2.45) is 5.92 Å². The van der Waals surface area contributed by atoms with Gasteiger partial charge in [0, 0.05) is 52.1 Å². The summed E-state index contributed by atoms with van der Waals surface area (Å²) >= 11 is 0. The lowest BCUT2D eigenvalue weighted by atomic mass is 9.86. The lowest BCUT2D eigenvalue weighted by molar-refractivity contribution is -0.131. The Kier molecular flexibility index (Phi) is 8.36. The van der Waals surface area contributed by atoms with E-state index in [2.05, 4.69) is 10.2 Å². The largest absolute Gasteiger partial charge is 0.388 e. The Labute approximate surface area is 176 Å². The van der Waals surface area contributed by atoms with Crippen LogP contribution in [0.4, 0.5) is 0 Å². The van der Waals surface area contributed by atoms with E-state index in [9.17, 15) is 14.7 Å². The summed E-state index contributed by atoms with van der Waals surface area (Å²) in [5.41, 5.74) is -0.695. The molecule has 2 saturated heterocycles. The van der Waals surface area contributed by atoms with Crippen LogP contribution in [-0.2, 0) is 9.59 Å². The van der Waals surface area contributed by atoms with Gasteiger partial charge in [-0.1, -0.05) is 32.1 Å². The quantitative estimate of drug-likeness (QED) is 0.710. The van der Waals surface area contributed by atoms with Gasteiger partial charge in [0.1, 0.15) is 0 Å². The average Bonchev–Trinajstić information content (AvgIpc) is 2.90. The summed E-state index contributed by atoms with van der Waals surface area (Å²) in [6.45, 7) is 5.56. The number of aliphatic hydroxyl groups is 1. The molecule has 3 aliphatic rings. The highest BCUT2D eigenvalue weighted by molar-refractivity contribution is 5.76. The smallest absolute Gasteiger partial charge is 0.222 e. The predicted octanol–water partition coefficient (Wildman–Crippen LogP) is 2.69. The first-order chi connectivity index (χ1) is 13.9. The molecule has 0 aromatic heterocycles. The van der Waals surface area contributed by atoms with Crippen molar-refractivity contribution in [3.8, 4) is 0 Å². The van der Waals surface area contributed by atoms with Crippen LogP contribution in [0.2, 0.25) is 0 Å². The molecule has 2 aliphatic heterocycles. The maximum Gasteiger partial charge on any atom is 0.222 e. The third-order valence-electron chi connectivity index (χ3n) is 7.27. The zero-order valence-electron chi connectivity index (χ0n) is 18.3. The molecule has 1 aliphatic carbocycles. The van der Waals surface area contributed by atoms with Crippen LogP contribution in [0, 0.1) is 5.92 Å². The first-order valence-corrected chi connectivity index (χ1v) is 11.9. The van der Waals surface area contributed by atoms with E-state index in [1.54, 1.807) is 6.92 Å². The summed E-state index contributed by atoms with van der Waals surface area (Å²) < 4.78 is 0. The molecule has 2 heterocycles. The fraction of sp³-hybridized carbons (Fsp3) is 0.913. The Hall–Kier alpha value is -1.14. The Morgan fingerprint density at radius 1 is 0.966 bits per heavy atom. The van der Waals surface area contributed by atoms with Gasteiger partial charge >= 0.3 is 0 Å². The van der Waals surface area contributed by atoms with Gasteiger partial charge in [-0.2, -0.15) is 0 Å². The molecule has 0 unspecified atom stereocenters. The highest BCUT2D eigenvalue weighted by Gasteiger charge is 2.34. The number of likely N-dealkylation sites (tertiary alicyclic amines) is 2. The number of rotatable bonds is 6. The number of piperidine rings is 1. The number of hydrogen-bond donors (Lipinski definition) is 2. The van der Waals surface area contributed by atoms with E-state index < -0.39 is 5.60 Å². The number of β-amino-alcohol motifs (C(OH)–C–C–N with tert-alkyl or cyclic N) is 1. The van der Waals surface area contributed by atoms with Gasteiger partial charge in [-0.3, -0.25) is 9.59 Å². The summed E-state index contributed by atoms with van der Waals surface area (Å²) in [7, 11) is 0. The van der Waals surface area contributed by atoms with Crippen molar-refractivity contribution < 1.29 is 14.7 Å². The summed E-state index contributed by atoms with van der Waals surface area (Å²) in [6.07, 6.45) is 12.6. The van der Waals surface area contributed by atoms with E-state index >= 15 is 0 Å². The Morgan fingerprint density at radius 2 is 1.69 bits per heavy atom. The fourth-order valence-electron chi connectivity index (χ4n) is 5.49. The maximum atomic E-state index is 12.7. The second-order valence-electron chi connectivity index (χ2n) is 9.75. The summed E-state index contributed by atoms with van der Waals surface area (Å²) in [4.78, 5) is 28.3. The molecule has 3 rings (SSSR count). The molecule has 2 N–H and O–H groups in total. The molecule has 6 nitrogen and oxygen atoms in total. The second-order valence-corrected chi connectivity index (χ2v) is 9.75. The normalized spacial score (nSPS) is 28.1. The van der Waals surface area contributed by atoms with Gasteiger partial charge in [0.2, 0.25) is 11.8 Å². The molecule has 2 amide bonds. The Balaban J connectivity index is 1.40. The monoisotopic (exact) mass is 407 g/mol. The number of carbonyl (C=O) groups is 2. The van der Waals surface area contributed by atoms with Gasteiger partial charge in [-0.05, 0) is 44.4 Å². The minimum Gasteiger partial charge on any atom is -0.388 e. The molecule has 0 radical (unpaired) electrons. The molecule has 0 bridgehead atoms. The van der Waals surface area contributed by atoms with Gasteiger partial charge in [-0.15, -0.1) is 0 Å².